The smallest absolute Gasteiger partial charge is 0.265 e. The molecule has 0 spiro atoms. The molecule has 0 aliphatic carbocycles. The number of amides is 2. The fourth-order valence-electron chi connectivity index (χ4n) is 2.87. The number of imide groups is 1. The maximum absolute atomic E-state index is 12.6. The normalized spacial score (nSPS) is 14.6. The van der Waals surface area contributed by atoms with Crippen LogP contribution in [0.3, 0.4) is 0 Å². The van der Waals surface area contributed by atoms with Crippen molar-refractivity contribution in [1.82, 2.24) is 0 Å². The third-order valence-electron chi connectivity index (χ3n) is 3.79. The summed E-state index contributed by atoms with van der Waals surface area (Å²) in [4.78, 5) is 37.5. The minimum Gasteiger partial charge on any atom is -0.300 e. The lowest BCUT2D eigenvalue weighted by Crippen LogP contribution is -2.38. The highest BCUT2D eigenvalue weighted by Gasteiger charge is 2.36. The Hall–Kier alpha value is -2.49. The quantitative estimate of drug-likeness (QED) is 0.869. The number of hydrogen-bond donors (Lipinski definition) is 0. The van der Waals surface area contributed by atoms with Crippen molar-refractivity contribution in [1.29, 1.82) is 0 Å². The summed E-state index contributed by atoms with van der Waals surface area (Å²) in [7, 11) is 0. The van der Waals surface area contributed by atoms with Crippen molar-refractivity contribution in [2.75, 3.05) is 4.90 Å². The van der Waals surface area contributed by atoms with Gasteiger partial charge in [0.2, 0.25) is 5.91 Å². The van der Waals surface area contributed by atoms with Gasteiger partial charge in [-0.15, -0.1) is 0 Å². The summed E-state index contributed by atoms with van der Waals surface area (Å²) in [6.07, 6.45) is 0.148. The lowest BCUT2D eigenvalue weighted by molar-refractivity contribution is -0.125. The van der Waals surface area contributed by atoms with E-state index in [9.17, 15) is 14.4 Å². The van der Waals surface area contributed by atoms with Crippen molar-refractivity contribution in [3.63, 3.8) is 0 Å². The number of benzene rings is 2. The number of nitrogens with zero attached hydrogens (tertiary/aromatic N) is 1. The first-order chi connectivity index (χ1) is 10.0. The highest BCUT2D eigenvalue weighted by molar-refractivity contribution is 6.34. The Kier molecular flexibility index (Phi) is 3.09. The third-order valence-corrected chi connectivity index (χ3v) is 3.79. The van der Waals surface area contributed by atoms with Crippen LogP contribution in [0.5, 0.6) is 0 Å². The molecule has 21 heavy (non-hydrogen) atoms. The van der Waals surface area contributed by atoms with Gasteiger partial charge in [0.05, 0.1) is 11.3 Å². The fourth-order valence-corrected chi connectivity index (χ4v) is 2.87. The molecule has 1 unspecified atom stereocenters. The zero-order valence-corrected chi connectivity index (χ0v) is 11.9. The number of carbonyl (C=O) groups is 3. The van der Waals surface area contributed by atoms with E-state index in [1.807, 2.05) is 24.3 Å². The largest absolute Gasteiger partial charge is 0.300 e. The molecule has 2 amide bonds. The van der Waals surface area contributed by atoms with Crippen LogP contribution in [-0.2, 0) is 9.59 Å². The van der Waals surface area contributed by atoms with E-state index >= 15 is 0 Å². The van der Waals surface area contributed by atoms with Crippen molar-refractivity contribution >= 4 is 34.1 Å². The van der Waals surface area contributed by atoms with Crippen LogP contribution in [0, 0.1) is 5.92 Å². The minimum atomic E-state index is -0.504. The van der Waals surface area contributed by atoms with E-state index in [2.05, 4.69) is 0 Å². The summed E-state index contributed by atoms with van der Waals surface area (Å²) >= 11 is 0. The van der Waals surface area contributed by atoms with Crippen LogP contribution >= 0.6 is 0 Å². The highest BCUT2D eigenvalue weighted by atomic mass is 16.2. The molecule has 3 rings (SSSR count). The monoisotopic (exact) mass is 281 g/mol. The molecule has 0 N–H and O–H groups in total. The first-order valence-corrected chi connectivity index (χ1v) is 6.90. The van der Waals surface area contributed by atoms with Crippen LogP contribution in [0.2, 0.25) is 0 Å². The Morgan fingerprint density at radius 1 is 1.14 bits per heavy atom. The van der Waals surface area contributed by atoms with Crippen molar-refractivity contribution in [2.24, 2.45) is 5.92 Å². The topological polar surface area (TPSA) is 54.5 Å². The van der Waals surface area contributed by atoms with E-state index in [0.717, 1.165) is 10.8 Å². The third kappa shape index (κ3) is 2.03. The van der Waals surface area contributed by atoms with E-state index < -0.39 is 5.92 Å². The molecule has 106 valence electrons. The zero-order chi connectivity index (χ0) is 15.1. The van der Waals surface area contributed by atoms with Crippen molar-refractivity contribution in [2.45, 2.75) is 20.3 Å². The first-order valence-electron chi connectivity index (χ1n) is 6.90. The van der Waals surface area contributed by atoms with Gasteiger partial charge in [0.1, 0.15) is 5.78 Å². The van der Waals surface area contributed by atoms with Crippen LogP contribution in [0.1, 0.15) is 30.6 Å². The number of ketones is 1. The average Bonchev–Trinajstić information content (AvgIpc) is 2.73. The van der Waals surface area contributed by atoms with Gasteiger partial charge in [0, 0.05) is 17.7 Å². The number of Topliss-reactive ketones (excluding diaryl/α,β-unsaturated/α-hetero) is 1. The molecule has 4 heteroatoms. The molecule has 2 aromatic carbocycles. The summed E-state index contributed by atoms with van der Waals surface area (Å²) in [5, 5.41) is 1.75. The van der Waals surface area contributed by atoms with E-state index in [-0.39, 0.29) is 24.0 Å². The fraction of sp³-hybridized carbons (Fsp3) is 0.235. The van der Waals surface area contributed by atoms with E-state index in [4.69, 9.17) is 0 Å². The lowest BCUT2D eigenvalue weighted by Gasteiger charge is -2.19. The van der Waals surface area contributed by atoms with Gasteiger partial charge in [-0.25, -0.2) is 4.90 Å². The molecule has 0 aromatic heterocycles. The highest BCUT2D eigenvalue weighted by Crippen LogP contribution is 2.38. The summed E-state index contributed by atoms with van der Waals surface area (Å²) in [5.41, 5.74) is 1.17. The molecule has 0 bridgehead atoms. The van der Waals surface area contributed by atoms with Crippen molar-refractivity contribution in [3.05, 3.63) is 42.0 Å². The van der Waals surface area contributed by atoms with Crippen LogP contribution in [0.4, 0.5) is 5.69 Å². The van der Waals surface area contributed by atoms with Gasteiger partial charge in [-0.05, 0) is 24.4 Å². The molecule has 4 nitrogen and oxygen atoms in total. The molecule has 2 aromatic rings. The molecular formula is C17H15NO3. The second-order valence-electron chi connectivity index (χ2n) is 5.47. The molecule has 1 aliphatic heterocycles. The lowest BCUT2D eigenvalue weighted by atomic mass is 10.0. The van der Waals surface area contributed by atoms with Crippen LogP contribution in [-0.4, -0.2) is 17.6 Å². The van der Waals surface area contributed by atoms with E-state index in [1.54, 1.807) is 19.1 Å². The molecule has 0 radical (unpaired) electrons. The summed E-state index contributed by atoms with van der Waals surface area (Å²) in [5.74, 6) is -1.18. The SMILES string of the molecule is CC(=O)CC(C)C(=O)N1C(=O)c2cccc3cccc1c23. The van der Waals surface area contributed by atoms with Crippen molar-refractivity contribution < 1.29 is 14.4 Å². The predicted molar refractivity (Wildman–Crippen MR) is 80.2 cm³/mol. The molecule has 0 fully saturated rings. The number of rotatable bonds is 3. The molecular weight excluding hydrogens is 266 g/mol. The van der Waals surface area contributed by atoms with Gasteiger partial charge in [0.25, 0.3) is 5.91 Å². The number of hydrogen-bond acceptors (Lipinski definition) is 3. The standard InChI is InChI=1S/C17H15NO3/c1-10(9-11(2)19)16(20)18-14-8-4-6-12-5-3-7-13(15(12)14)17(18)21/h3-8,10H,9H2,1-2H3. The Labute approximate surface area is 122 Å². The summed E-state index contributed by atoms with van der Waals surface area (Å²) in [6, 6.07) is 11.0. The Morgan fingerprint density at radius 2 is 1.81 bits per heavy atom. The van der Waals surface area contributed by atoms with Gasteiger partial charge < -0.3 is 4.79 Å². The predicted octanol–water partition coefficient (Wildman–Crippen LogP) is 2.94. The van der Waals surface area contributed by atoms with Gasteiger partial charge in [-0.3, -0.25) is 9.59 Å². The zero-order valence-electron chi connectivity index (χ0n) is 11.9. The van der Waals surface area contributed by atoms with E-state index in [1.165, 1.54) is 11.8 Å². The second kappa shape index (κ2) is 4.81. The number of anilines is 1. The maximum Gasteiger partial charge on any atom is 0.265 e. The Balaban J connectivity index is 2.08. The van der Waals surface area contributed by atoms with Crippen LogP contribution < -0.4 is 4.90 Å². The van der Waals surface area contributed by atoms with Gasteiger partial charge in [0.15, 0.2) is 0 Å². The Morgan fingerprint density at radius 3 is 2.48 bits per heavy atom. The summed E-state index contributed by atoms with van der Waals surface area (Å²) < 4.78 is 0. The maximum atomic E-state index is 12.6. The van der Waals surface area contributed by atoms with Gasteiger partial charge >= 0.3 is 0 Å². The number of carbonyl (C=O) groups excluding carboxylic acids is 3. The molecule has 1 atom stereocenters. The molecule has 0 saturated carbocycles. The molecule has 0 saturated heterocycles. The molecule has 1 heterocycles. The molecule has 1 aliphatic rings. The van der Waals surface area contributed by atoms with Gasteiger partial charge in [-0.2, -0.15) is 0 Å². The summed E-state index contributed by atoms with van der Waals surface area (Å²) in [6.45, 7) is 3.13. The van der Waals surface area contributed by atoms with Crippen LogP contribution in [0.25, 0.3) is 10.8 Å². The second-order valence-corrected chi connectivity index (χ2v) is 5.47. The van der Waals surface area contributed by atoms with Crippen molar-refractivity contribution in [3.8, 4) is 0 Å². The average molecular weight is 281 g/mol. The first kappa shape index (κ1) is 13.5. The van der Waals surface area contributed by atoms with Crippen LogP contribution in [0.15, 0.2) is 36.4 Å². The van der Waals surface area contributed by atoms with Gasteiger partial charge in [-0.1, -0.05) is 31.2 Å². The van der Waals surface area contributed by atoms with E-state index in [0.29, 0.717) is 11.3 Å². The Bertz CT molecular complexity index is 773. The minimum absolute atomic E-state index is 0.0572.